The van der Waals surface area contributed by atoms with Gasteiger partial charge in [0.25, 0.3) is 5.91 Å². The standard InChI is InChI=1S/C14H20N2O4S/c1-6-19-8-15-12-10(14(18)20-7-2)9(3)11(21-12)13(17)16(4)5/h8H,6-7H2,1-5H3. The molecule has 1 aromatic heterocycles. The Morgan fingerprint density at radius 1 is 1.29 bits per heavy atom. The number of nitrogens with zero attached hydrogens (tertiary/aromatic N) is 2. The van der Waals surface area contributed by atoms with Gasteiger partial charge in [0, 0.05) is 14.1 Å². The predicted molar refractivity (Wildman–Crippen MR) is 82.8 cm³/mol. The van der Waals surface area contributed by atoms with Crippen molar-refractivity contribution in [1.82, 2.24) is 4.90 Å². The van der Waals surface area contributed by atoms with Crippen LogP contribution in [0.25, 0.3) is 0 Å². The molecule has 0 aliphatic carbocycles. The van der Waals surface area contributed by atoms with Crippen LogP contribution in [0.3, 0.4) is 0 Å². The Hall–Kier alpha value is -1.89. The summed E-state index contributed by atoms with van der Waals surface area (Å²) in [5.41, 5.74) is 0.906. The Labute approximate surface area is 128 Å². The number of thiophene rings is 1. The van der Waals surface area contributed by atoms with Crippen molar-refractivity contribution in [2.45, 2.75) is 20.8 Å². The molecule has 1 rings (SSSR count). The van der Waals surface area contributed by atoms with Gasteiger partial charge in [-0.1, -0.05) is 0 Å². The van der Waals surface area contributed by atoms with Gasteiger partial charge in [-0.3, -0.25) is 4.79 Å². The average Bonchev–Trinajstić information content (AvgIpc) is 2.75. The quantitative estimate of drug-likeness (QED) is 0.460. The van der Waals surface area contributed by atoms with E-state index < -0.39 is 5.97 Å². The number of aliphatic imine (C=N–C) groups is 1. The first-order chi connectivity index (χ1) is 9.93. The molecule has 0 saturated heterocycles. The molecule has 21 heavy (non-hydrogen) atoms. The zero-order chi connectivity index (χ0) is 16.0. The third-order valence-corrected chi connectivity index (χ3v) is 3.81. The minimum absolute atomic E-state index is 0.166. The first-order valence-electron chi connectivity index (χ1n) is 6.60. The largest absolute Gasteiger partial charge is 0.483 e. The number of carbonyl (C=O) groups excluding carboxylic acids is 2. The lowest BCUT2D eigenvalue weighted by Gasteiger charge is -2.09. The van der Waals surface area contributed by atoms with Crippen molar-refractivity contribution in [2.75, 3.05) is 27.3 Å². The Balaban J connectivity index is 3.29. The van der Waals surface area contributed by atoms with Gasteiger partial charge in [-0.25, -0.2) is 9.79 Å². The highest BCUT2D eigenvalue weighted by Gasteiger charge is 2.26. The van der Waals surface area contributed by atoms with Gasteiger partial charge in [0.15, 0.2) is 6.40 Å². The SMILES string of the molecule is CCOC=Nc1sc(C(=O)N(C)C)c(C)c1C(=O)OCC. The zero-order valence-electron chi connectivity index (χ0n) is 12.9. The maximum absolute atomic E-state index is 12.1. The van der Waals surface area contributed by atoms with E-state index in [2.05, 4.69) is 4.99 Å². The Morgan fingerprint density at radius 3 is 2.48 bits per heavy atom. The highest BCUT2D eigenvalue weighted by atomic mass is 32.1. The minimum atomic E-state index is -0.479. The van der Waals surface area contributed by atoms with Crippen molar-refractivity contribution in [3.05, 3.63) is 16.0 Å². The molecular formula is C14H20N2O4S. The number of hydrogen-bond donors (Lipinski definition) is 0. The van der Waals surface area contributed by atoms with Crippen LogP contribution in [-0.4, -0.2) is 50.5 Å². The van der Waals surface area contributed by atoms with E-state index in [1.807, 2.05) is 6.92 Å². The molecule has 0 N–H and O–H groups in total. The van der Waals surface area contributed by atoms with E-state index >= 15 is 0 Å². The molecule has 0 atom stereocenters. The summed E-state index contributed by atoms with van der Waals surface area (Å²) in [5.74, 6) is -0.645. The van der Waals surface area contributed by atoms with Crippen LogP contribution in [0.5, 0.6) is 0 Å². The van der Waals surface area contributed by atoms with Crippen LogP contribution >= 0.6 is 11.3 Å². The summed E-state index contributed by atoms with van der Waals surface area (Å²) < 4.78 is 10.1. The summed E-state index contributed by atoms with van der Waals surface area (Å²) in [6.07, 6.45) is 1.28. The Bertz CT molecular complexity index is 549. The zero-order valence-corrected chi connectivity index (χ0v) is 13.7. The lowest BCUT2D eigenvalue weighted by molar-refractivity contribution is 0.0527. The molecule has 0 fully saturated rings. The van der Waals surface area contributed by atoms with E-state index in [1.54, 1.807) is 27.9 Å². The summed E-state index contributed by atoms with van der Waals surface area (Å²) in [4.78, 5) is 30.3. The van der Waals surface area contributed by atoms with Crippen molar-refractivity contribution < 1.29 is 19.1 Å². The normalized spacial score (nSPS) is 10.7. The monoisotopic (exact) mass is 312 g/mol. The minimum Gasteiger partial charge on any atom is -0.483 e. The lowest BCUT2D eigenvalue weighted by atomic mass is 10.1. The van der Waals surface area contributed by atoms with Crippen molar-refractivity contribution in [1.29, 1.82) is 0 Å². The van der Waals surface area contributed by atoms with E-state index in [0.29, 0.717) is 27.6 Å². The number of carbonyl (C=O) groups is 2. The van der Waals surface area contributed by atoms with Gasteiger partial charge in [0.05, 0.1) is 18.1 Å². The highest BCUT2D eigenvalue weighted by molar-refractivity contribution is 7.18. The maximum atomic E-state index is 12.1. The van der Waals surface area contributed by atoms with Gasteiger partial charge < -0.3 is 14.4 Å². The molecule has 0 spiro atoms. The van der Waals surface area contributed by atoms with Gasteiger partial charge in [0.2, 0.25) is 0 Å². The summed E-state index contributed by atoms with van der Waals surface area (Å²) in [6, 6.07) is 0. The molecule has 0 saturated carbocycles. The van der Waals surface area contributed by atoms with Crippen LogP contribution in [0.15, 0.2) is 4.99 Å². The number of esters is 1. The molecule has 0 radical (unpaired) electrons. The molecule has 1 heterocycles. The fourth-order valence-electron chi connectivity index (χ4n) is 1.60. The first-order valence-corrected chi connectivity index (χ1v) is 7.41. The van der Waals surface area contributed by atoms with Crippen LogP contribution in [0.4, 0.5) is 5.00 Å². The molecule has 0 aromatic carbocycles. The Morgan fingerprint density at radius 2 is 1.95 bits per heavy atom. The number of rotatable bonds is 6. The second kappa shape index (κ2) is 7.78. The molecule has 6 nitrogen and oxygen atoms in total. The first kappa shape index (κ1) is 17.2. The molecule has 0 aliphatic rings. The molecule has 1 aromatic rings. The lowest BCUT2D eigenvalue weighted by Crippen LogP contribution is -2.21. The third kappa shape index (κ3) is 4.04. The van der Waals surface area contributed by atoms with E-state index in [0.717, 1.165) is 11.3 Å². The van der Waals surface area contributed by atoms with Crippen molar-refractivity contribution >= 4 is 34.6 Å². The van der Waals surface area contributed by atoms with E-state index in [-0.39, 0.29) is 12.5 Å². The molecular weight excluding hydrogens is 292 g/mol. The molecule has 0 aliphatic heterocycles. The van der Waals surface area contributed by atoms with Gasteiger partial charge in [-0.2, -0.15) is 0 Å². The molecule has 7 heteroatoms. The van der Waals surface area contributed by atoms with Crippen LogP contribution < -0.4 is 0 Å². The van der Waals surface area contributed by atoms with Crippen LogP contribution in [0.1, 0.15) is 39.4 Å². The van der Waals surface area contributed by atoms with Crippen LogP contribution in [0, 0.1) is 6.92 Å². The third-order valence-electron chi connectivity index (χ3n) is 2.62. The summed E-state index contributed by atoms with van der Waals surface area (Å²) in [6.45, 7) is 6.03. The molecule has 0 unspecified atom stereocenters. The van der Waals surface area contributed by atoms with Gasteiger partial charge in [-0.05, 0) is 26.3 Å². The van der Waals surface area contributed by atoms with Crippen molar-refractivity contribution in [2.24, 2.45) is 4.99 Å². The van der Waals surface area contributed by atoms with E-state index in [4.69, 9.17) is 9.47 Å². The smallest absolute Gasteiger partial charge is 0.341 e. The fraction of sp³-hybridized carbons (Fsp3) is 0.500. The predicted octanol–water partition coefficient (Wildman–Crippen LogP) is 2.63. The van der Waals surface area contributed by atoms with Crippen molar-refractivity contribution in [3.8, 4) is 0 Å². The van der Waals surface area contributed by atoms with E-state index in [9.17, 15) is 9.59 Å². The van der Waals surface area contributed by atoms with Gasteiger partial charge in [0.1, 0.15) is 10.6 Å². The number of amides is 1. The summed E-state index contributed by atoms with van der Waals surface area (Å²) in [5, 5.41) is 0.421. The molecule has 0 bridgehead atoms. The Kier molecular flexibility index (Phi) is 6.36. The van der Waals surface area contributed by atoms with Crippen molar-refractivity contribution in [3.63, 3.8) is 0 Å². The maximum Gasteiger partial charge on any atom is 0.341 e. The molecule has 116 valence electrons. The summed E-state index contributed by atoms with van der Waals surface area (Å²) >= 11 is 1.16. The number of ether oxygens (including phenoxy) is 2. The van der Waals surface area contributed by atoms with Crippen LogP contribution in [-0.2, 0) is 9.47 Å². The summed E-state index contributed by atoms with van der Waals surface area (Å²) in [7, 11) is 3.32. The fourth-order valence-corrected chi connectivity index (χ4v) is 2.75. The topological polar surface area (TPSA) is 68.2 Å². The van der Waals surface area contributed by atoms with Gasteiger partial charge >= 0.3 is 5.97 Å². The van der Waals surface area contributed by atoms with E-state index in [1.165, 1.54) is 11.3 Å². The van der Waals surface area contributed by atoms with Crippen LogP contribution in [0.2, 0.25) is 0 Å². The number of hydrogen-bond acceptors (Lipinski definition) is 6. The van der Waals surface area contributed by atoms with Gasteiger partial charge in [-0.15, -0.1) is 11.3 Å². The second-order valence-corrected chi connectivity index (χ2v) is 5.35. The second-order valence-electron chi connectivity index (χ2n) is 4.35. The molecule has 1 amide bonds. The highest BCUT2D eigenvalue weighted by Crippen LogP contribution is 2.36. The average molecular weight is 312 g/mol.